The van der Waals surface area contributed by atoms with Gasteiger partial charge in [0.25, 0.3) is 0 Å². The minimum Gasteiger partial charge on any atom is -0.495 e. The minimum absolute atomic E-state index is 0.300. The molecule has 78 valence electrons. The zero-order chi connectivity index (χ0) is 10.7. The van der Waals surface area contributed by atoms with Crippen molar-refractivity contribution < 1.29 is 4.74 Å². The summed E-state index contributed by atoms with van der Waals surface area (Å²) in [4.78, 5) is 4.04. The molecule has 5 nitrogen and oxygen atoms in total. The first-order valence-electron chi connectivity index (χ1n) is 4.32. The van der Waals surface area contributed by atoms with E-state index in [2.05, 4.69) is 14.6 Å². The lowest BCUT2D eigenvalue weighted by atomic mass is 10.1. The molecule has 1 atom stereocenters. The number of nitrogens with zero attached hydrogens (tertiary/aromatic N) is 3. The van der Waals surface area contributed by atoms with Gasteiger partial charge in [-0.05, 0) is 23.2 Å². The van der Waals surface area contributed by atoms with Crippen molar-refractivity contribution in [2.24, 2.45) is 5.73 Å². The Morgan fingerprint density at radius 3 is 3.00 bits per heavy atom. The number of hydrogen-bond acceptors (Lipinski definition) is 6. The first-order valence-corrected chi connectivity index (χ1v) is 5.16. The van der Waals surface area contributed by atoms with Gasteiger partial charge in [0.15, 0.2) is 0 Å². The average Bonchev–Trinajstić information content (AvgIpc) is 2.81. The van der Waals surface area contributed by atoms with E-state index < -0.39 is 0 Å². The zero-order valence-corrected chi connectivity index (χ0v) is 8.94. The first kappa shape index (κ1) is 10.0. The van der Waals surface area contributed by atoms with Gasteiger partial charge in [-0.3, -0.25) is 4.98 Å². The van der Waals surface area contributed by atoms with Crippen LogP contribution in [-0.2, 0) is 0 Å². The fourth-order valence-corrected chi connectivity index (χ4v) is 1.69. The van der Waals surface area contributed by atoms with E-state index in [1.54, 1.807) is 19.5 Å². The lowest BCUT2D eigenvalue weighted by molar-refractivity contribution is 0.412. The van der Waals surface area contributed by atoms with Crippen LogP contribution >= 0.6 is 11.5 Å². The Bertz CT molecular complexity index is 431. The molecule has 6 heteroatoms. The van der Waals surface area contributed by atoms with Crippen molar-refractivity contribution in [2.45, 2.75) is 6.04 Å². The van der Waals surface area contributed by atoms with Gasteiger partial charge in [-0.1, -0.05) is 4.49 Å². The van der Waals surface area contributed by atoms with Gasteiger partial charge in [-0.15, -0.1) is 5.10 Å². The maximum absolute atomic E-state index is 5.99. The molecule has 2 rings (SSSR count). The van der Waals surface area contributed by atoms with Gasteiger partial charge in [0.1, 0.15) is 5.75 Å². The van der Waals surface area contributed by atoms with Crippen LogP contribution in [0.25, 0.3) is 0 Å². The number of methoxy groups -OCH3 is 1. The van der Waals surface area contributed by atoms with E-state index in [1.165, 1.54) is 11.5 Å². The quantitative estimate of drug-likeness (QED) is 0.838. The largest absolute Gasteiger partial charge is 0.495 e. The van der Waals surface area contributed by atoms with Crippen molar-refractivity contribution in [2.75, 3.05) is 7.11 Å². The summed E-state index contributed by atoms with van der Waals surface area (Å²) in [6.07, 6.45) is 3.34. The fourth-order valence-electron chi connectivity index (χ4n) is 1.20. The summed E-state index contributed by atoms with van der Waals surface area (Å²) < 4.78 is 8.84. The maximum atomic E-state index is 5.99. The molecule has 0 saturated heterocycles. The molecule has 0 aromatic carbocycles. The molecule has 0 aliphatic rings. The van der Waals surface area contributed by atoms with Gasteiger partial charge in [0, 0.05) is 11.6 Å². The highest BCUT2D eigenvalue weighted by Crippen LogP contribution is 2.20. The van der Waals surface area contributed by atoms with Crippen molar-refractivity contribution in [3.05, 3.63) is 35.1 Å². The Hall–Kier alpha value is -1.53. The monoisotopic (exact) mass is 222 g/mol. The van der Waals surface area contributed by atoms with E-state index in [-0.39, 0.29) is 6.04 Å². The Balaban J connectivity index is 2.29. The zero-order valence-electron chi connectivity index (χ0n) is 8.12. The summed E-state index contributed by atoms with van der Waals surface area (Å²) in [7, 11) is 1.59. The second-order valence-corrected chi connectivity index (χ2v) is 3.58. The van der Waals surface area contributed by atoms with E-state index in [0.29, 0.717) is 5.75 Å². The molecule has 2 aromatic heterocycles. The second-order valence-electron chi connectivity index (χ2n) is 2.97. The van der Waals surface area contributed by atoms with Gasteiger partial charge in [-0.25, -0.2) is 0 Å². The third-order valence-electron chi connectivity index (χ3n) is 2.02. The van der Waals surface area contributed by atoms with Crippen LogP contribution in [0.2, 0.25) is 0 Å². The maximum Gasteiger partial charge on any atom is 0.137 e. The molecule has 0 fully saturated rings. The highest BCUT2D eigenvalue weighted by molar-refractivity contribution is 7.03. The van der Waals surface area contributed by atoms with E-state index in [4.69, 9.17) is 10.5 Å². The molecule has 0 spiro atoms. The van der Waals surface area contributed by atoms with Gasteiger partial charge in [0.2, 0.25) is 0 Å². The normalized spacial score (nSPS) is 12.4. The molecular formula is C9H10N4OS. The number of hydrogen-bond donors (Lipinski definition) is 1. The molecule has 15 heavy (non-hydrogen) atoms. The molecule has 0 aliphatic heterocycles. The number of pyridine rings is 1. The summed E-state index contributed by atoms with van der Waals surface area (Å²) in [6.45, 7) is 0. The van der Waals surface area contributed by atoms with Gasteiger partial charge >= 0.3 is 0 Å². The number of ether oxygens (including phenoxy) is 1. The summed E-state index contributed by atoms with van der Waals surface area (Å²) in [6, 6.07) is 1.54. The van der Waals surface area contributed by atoms with Crippen molar-refractivity contribution in [1.82, 2.24) is 14.6 Å². The summed E-state index contributed by atoms with van der Waals surface area (Å²) in [5.74, 6) is 0.686. The van der Waals surface area contributed by atoms with Crippen molar-refractivity contribution in [1.29, 1.82) is 0 Å². The summed E-state index contributed by atoms with van der Waals surface area (Å²) in [5.41, 5.74) is 7.60. The SMILES string of the molecule is COc1cncc(C(N)c2csnn2)c1. The van der Waals surface area contributed by atoms with Crippen LogP contribution in [0, 0.1) is 0 Å². The van der Waals surface area contributed by atoms with Crippen molar-refractivity contribution >= 4 is 11.5 Å². The highest BCUT2D eigenvalue weighted by Gasteiger charge is 2.12. The Morgan fingerprint density at radius 2 is 2.33 bits per heavy atom. The van der Waals surface area contributed by atoms with Gasteiger partial charge in [0.05, 0.1) is 25.0 Å². The molecule has 0 radical (unpaired) electrons. The van der Waals surface area contributed by atoms with Crippen LogP contribution in [0.1, 0.15) is 17.3 Å². The lowest BCUT2D eigenvalue weighted by Gasteiger charge is -2.09. The van der Waals surface area contributed by atoms with Crippen LogP contribution < -0.4 is 10.5 Å². The first-order chi connectivity index (χ1) is 7.31. The molecule has 0 amide bonds. The number of rotatable bonds is 3. The van der Waals surface area contributed by atoms with Crippen LogP contribution in [0.4, 0.5) is 0 Å². The van der Waals surface area contributed by atoms with Crippen LogP contribution in [-0.4, -0.2) is 21.7 Å². The van der Waals surface area contributed by atoms with E-state index in [9.17, 15) is 0 Å². The van der Waals surface area contributed by atoms with Crippen LogP contribution in [0.5, 0.6) is 5.75 Å². The summed E-state index contributed by atoms with van der Waals surface area (Å²) >= 11 is 1.28. The third kappa shape index (κ3) is 2.11. The Kier molecular flexibility index (Phi) is 2.89. The second kappa shape index (κ2) is 4.33. The predicted molar refractivity (Wildman–Crippen MR) is 56.7 cm³/mol. The molecular weight excluding hydrogens is 212 g/mol. The standard InChI is InChI=1S/C9H10N4OS/c1-14-7-2-6(3-11-4-7)9(10)8-5-15-13-12-8/h2-5,9H,10H2,1H3. The van der Waals surface area contributed by atoms with Gasteiger partial charge < -0.3 is 10.5 Å². The third-order valence-corrected chi connectivity index (χ3v) is 2.55. The smallest absolute Gasteiger partial charge is 0.137 e. The van der Waals surface area contributed by atoms with Crippen molar-refractivity contribution in [3.63, 3.8) is 0 Å². The molecule has 2 aromatic rings. The van der Waals surface area contributed by atoms with E-state index in [0.717, 1.165) is 11.3 Å². The van der Waals surface area contributed by atoms with Crippen molar-refractivity contribution in [3.8, 4) is 5.75 Å². The predicted octanol–water partition coefficient (Wildman–Crippen LogP) is 0.990. The molecule has 2 N–H and O–H groups in total. The molecule has 1 unspecified atom stereocenters. The molecule has 0 saturated carbocycles. The average molecular weight is 222 g/mol. The fraction of sp³-hybridized carbons (Fsp3) is 0.222. The number of nitrogens with two attached hydrogens (primary N) is 1. The number of aromatic nitrogens is 3. The van der Waals surface area contributed by atoms with E-state index in [1.807, 2.05) is 11.4 Å². The Labute approximate surface area is 91.1 Å². The lowest BCUT2D eigenvalue weighted by Crippen LogP contribution is -2.12. The molecule has 2 heterocycles. The summed E-state index contributed by atoms with van der Waals surface area (Å²) in [5, 5.41) is 5.75. The minimum atomic E-state index is -0.300. The van der Waals surface area contributed by atoms with Crippen LogP contribution in [0.15, 0.2) is 23.8 Å². The topological polar surface area (TPSA) is 73.9 Å². The van der Waals surface area contributed by atoms with E-state index >= 15 is 0 Å². The molecule has 0 aliphatic carbocycles. The van der Waals surface area contributed by atoms with Gasteiger partial charge in [-0.2, -0.15) is 0 Å². The highest BCUT2D eigenvalue weighted by atomic mass is 32.1. The Morgan fingerprint density at radius 1 is 1.47 bits per heavy atom. The molecule has 0 bridgehead atoms. The van der Waals surface area contributed by atoms with Crippen LogP contribution in [0.3, 0.4) is 0 Å².